The zero-order chi connectivity index (χ0) is 13.1. The van der Waals surface area contributed by atoms with Gasteiger partial charge in [0.05, 0.1) is 0 Å². The quantitative estimate of drug-likeness (QED) is 0.894. The van der Waals surface area contributed by atoms with Crippen molar-refractivity contribution in [1.29, 1.82) is 0 Å². The Hall–Kier alpha value is -1.32. The Morgan fingerprint density at radius 2 is 2.05 bits per heavy atom. The molecule has 19 heavy (non-hydrogen) atoms. The summed E-state index contributed by atoms with van der Waals surface area (Å²) in [5.41, 5.74) is 2.53. The van der Waals surface area contributed by atoms with Crippen LogP contribution in [0.15, 0.2) is 52.5 Å². The van der Waals surface area contributed by atoms with Crippen molar-refractivity contribution in [2.75, 3.05) is 0 Å². The maximum absolute atomic E-state index is 4.59. The van der Waals surface area contributed by atoms with E-state index in [1.807, 2.05) is 12.3 Å². The van der Waals surface area contributed by atoms with Gasteiger partial charge in [-0.25, -0.2) is 4.98 Å². The van der Waals surface area contributed by atoms with Crippen LogP contribution in [0, 0.1) is 6.92 Å². The van der Waals surface area contributed by atoms with E-state index in [1.54, 1.807) is 11.8 Å². The molecule has 1 aromatic carbocycles. The van der Waals surface area contributed by atoms with Gasteiger partial charge in [-0.05, 0) is 43.0 Å². The summed E-state index contributed by atoms with van der Waals surface area (Å²) in [5, 5.41) is 4.62. The van der Waals surface area contributed by atoms with Crippen molar-refractivity contribution in [2.24, 2.45) is 0 Å². The van der Waals surface area contributed by atoms with E-state index >= 15 is 0 Å². The molecule has 0 atom stereocenters. The predicted octanol–water partition coefficient (Wildman–Crippen LogP) is 3.79. The number of hydrogen-bond acceptors (Lipinski definition) is 3. The number of rotatable bonds is 5. The third-order valence-electron chi connectivity index (χ3n) is 3.22. The zero-order valence-electron chi connectivity index (χ0n) is 11.1. The monoisotopic (exact) mass is 270 g/mol. The molecular weight excluding hydrogens is 252 g/mol. The fourth-order valence-corrected chi connectivity index (χ4v) is 2.82. The third-order valence-corrected chi connectivity index (χ3v) is 4.35. The van der Waals surface area contributed by atoms with Crippen LogP contribution in [0.2, 0.25) is 0 Å². The van der Waals surface area contributed by atoms with Crippen LogP contribution in [0.3, 0.4) is 0 Å². The molecule has 2 aromatic rings. The molecule has 98 valence electrons. The first-order valence-electron chi connectivity index (χ1n) is 6.73. The lowest BCUT2D eigenvalue weighted by atomic mass is 10.2. The van der Waals surface area contributed by atoms with Gasteiger partial charge >= 0.3 is 0 Å². The minimum absolute atomic E-state index is 0.749. The number of nitrogens with one attached hydrogen (secondary N) is 1. The molecule has 1 saturated carbocycles. The van der Waals surface area contributed by atoms with Crippen LogP contribution < -0.4 is 5.32 Å². The van der Waals surface area contributed by atoms with Crippen molar-refractivity contribution in [3.05, 3.63) is 53.7 Å². The standard InChI is InChI=1S/C16H18N2S/c1-12-9-13(10-17-14-7-8-14)11-18-16(12)19-15-5-3-2-4-6-15/h2-6,9,11,14,17H,7-8,10H2,1H3. The number of hydrogen-bond donors (Lipinski definition) is 1. The first-order chi connectivity index (χ1) is 9.31. The molecule has 1 heterocycles. The fraction of sp³-hybridized carbons (Fsp3) is 0.312. The molecule has 0 spiro atoms. The van der Waals surface area contributed by atoms with E-state index < -0.39 is 0 Å². The van der Waals surface area contributed by atoms with Crippen LogP contribution in [0.25, 0.3) is 0 Å². The van der Waals surface area contributed by atoms with E-state index in [-0.39, 0.29) is 0 Å². The molecule has 1 N–H and O–H groups in total. The molecule has 0 amide bonds. The molecule has 0 radical (unpaired) electrons. The Labute approximate surface area is 118 Å². The van der Waals surface area contributed by atoms with E-state index in [0.717, 1.165) is 17.6 Å². The molecule has 0 saturated heterocycles. The minimum atomic E-state index is 0.749. The largest absolute Gasteiger partial charge is 0.310 e. The van der Waals surface area contributed by atoms with E-state index in [0.29, 0.717) is 0 Å². The molecule has 0 aliphatic heterocycles. The Morgan fingerprint density at radius 1 is 1.26 bits per heavy atom. The van der Waals surface area contributed by atoms with Crippen molar-refractivity contribution in [3.63, 3.8) is 0 Å². The van der Waals surface area contributed by atoms with Gasteiger partial charge < -0.3 is 5.32 Å². The van der Waals surface area contributed by atoms with Crippen LogP contribution in [-0.4, -0.2) is 11.0 Å². The highest BCUT2D eigenvalue weighted by Crippen LogP contribution is 2.28. The second kappa shape index (κ2) is 5.76. The van der Waals surface area contributed by atoms with Crippen LogP contribution >= 0.6 is 11.8 Å². The van der Waals surface area contributed by atoms with Crippen molar-refractivity contribution in [1.82, 2.24) is 10.3 Å². The normalized spacial score (nSPS) is 14.6. The number of pyridine rings is 1. The molecule has 0 unspecified atom stereocenters. The SMILES string of the molecule is Cc1cc(CNC2CC2)cnc1Sc1ccccc1. The Bertz CT molecular complexity index is 550. The first kappa shape index (κ1) is 12.7. The van der Waals surface area contributed by atoms with Gasteiger partial charge in [0, 0.05) is 23.7 Å². The fourth-order valence-electron chi connectivity index (χ4n) is 1.97. The van der Waals surface area contributed by atoms with Crippen LogP contribution in [0.4, 0.5) is 0 Å². The minimum Gasteiger partial charge on any atom is -0.310 e. The average molecular weight is 270 g/mol. The van der Waals surface area contributed by atoms with Crippen molar-refractivity contribution >= 4 is 11.8 Å². The molecule has 1 aromatic heterocycles. The van der Waals surface area contributed by atoms with Gasteiger partial charge in [-0.3, -0.25) is 0 Å². The van der Waals surface area contributed by atoms with Gasteiger partial charge in [-0.2, -0.15) is 0 Å². The van der Waals surface area contributed by atoms with Crippen LogP contribution in [0.1, 0.15) is 24.0 Å². The highest BCUT2D eigenvalue weighted by molar-refractivity contribution is 7.99. The summed E-state index contributed by atoms with van der Waals surface area (Å²) < 4.78 is 0. The smallest absolute Gasteiger partial charge is 0.104 e. The van der Waals surface area contributed by atoms with Crippen LogP contribution in [0.5, 0.6) is 0 Å². The van der Waals surface area contributed by atoms with Gasteiger partial charge in [0.1, 0.15) is 5.03 Å². The lowest BCUT2D eigenvalue weighted by molar-refractivity contribution is 0.684. The van der Waals surface area contributed by atoms with E-state index in [2.05, 4.69) is 47.6 Å². The molecule has 0 bridgehead atoms. The van der Waals surface area contributed by atoms with Gasteiger partial charge in [0.2, 0.25) is 0 Å². The molecule has 1 aliphatic rings. The molecule has 1 fully saturated rings. The first-order valence-corrected chi connectivity index (χ1v) is 7.55. The van der Waals surface area contributed by atoms with Gasteiger partial charge in [-0.15, -0.1) is 0 Å². The van der Waals surface area contributed by atoms with E-state index in [4.69, 9.17) is 0 Å². The van der Waals surface area contributed by atoms with Crippen LogP contribution in [-0.2, 0) is 6.54 Å². The molecule has 3 rings (SSSR count). The second-order valence-electron chi connectivity index (χ2n) is 5.04. The third kappa shape index (κ3) is 3.58. The van der Waals surface area contributed by atoms with Gasteiger partial charge in [0.15, 0.2) is 0 Å². The Morgan fingerprint density at radius 3 is 2.74 bits per heavy atom. The summed E-state index contributed by atoms with van der Waals surface area (Å²) in [4.78, 5) is 5.83. The lowest BCUT2D eigenvalue weighted by Crippen LogP contribution is -2.15. The molecule has 1 aliphatic carbocycles. The number of benzene rings is 1. The van der Waals surface area contributed by atoms with Crippen molar-refractivity contribution < 1.29 is 0 Å². The van der Waals surface area contributed by atoms with Gasteiger partial charge in [0.25, 0.3) is 0 Å². The summed E-state index contributed by atoms with van der Waals surface area (Å²) in [6.07, 6.45) is 4.65. The summed E-state index contributed by atoms with van der Waals surface area (Å²) >= 11 is 1.73. The average Bonchev–Trinajstić information content (AvgIpc) is 3.25. The molecular formula is C16H18N2S. The molecule has 2 nitrogen and oxygen atoms in total. The summed E-state index contributed by atoms with van der Waals surface area (Å²) in [7, 11) is 0. The van der Waals surface area contributed by atoms with E-state index in [1.165, 1.54) is 28.9 Å². The van der Waals surface area contributed by atoms with E-state index in [9.17, 15) is 0 Å². The summed E-state index contributed by atoms with van der Waals surface area (Å²) in [6, 6.07) is 13.4. The maximum atomic E-state index is 4.59. The zero-order valence-corrected chi connectivity index (χ0v) is 11.9. The Balaban J connectivity index is 1.68. The Kier molecular flexibility index (Phi) is 3.85. The van der Waals surface area contributed by atoms with Crippen molar-refractivity contribution in [2.45, 2.75) is 42.3 Å². The topological polar surface area (TPSA) is 24.9 Å². The van der Waals surface area contributed by atoms with Crippen molar-refractivity contribution in [3.8, 4) is 0 Å². The highest BCUT2D eigenvalue weighted by atomic mass is 32.2. The predicted molar refractivity (Wildman–Crippen MR) is 79.4 cm³/mol. The maximum Gasteiger partial charge on any atom is 0.104 e. The summed E-state index contributed by atoms with van der Waals surface area (Å²) in [6.45, 7) is 3.08. The number of aryl methyl sites for hydroxylation is 1. The summed E-state index contributed by atoms with van der Waals surface area (Å²) in [5.74, 6) is 0. The molecule has 3 heteroatoms. The number of aromatic nitrogens is 1. The lowest BCUT2D eigenvalue weighted by Gasteiger charge is -2.08. The highest BCUT2D eigenvalue weighted by Gasteiger charge is 2.20. The number of nitrogens with zero attached hydrogens (tertiary/aromatic N) is 1. The van der Waals surface area contributed by atoms with Gasteiger partial charge in [-0.1, -0.05) is 36.0 Å². The second-order valence-corrected chi connectivity index (χ2v) is 6.10.